The number of halogens is 4. The number of ether oxygens (including phenoxy) is 2. The van der Waals surface area contributed by atoms with Crippen molar-refractivity contribution in [1.29, 1.82) is 0 Å². The van der Waals surface area contributed by atoms with Crippen molar-refractivity contribution >= 4 is 40.8 Å². The number of alkyl halides is 3. The normalized spacial score (nSPS) is 20.5. The number of carbonyl (C=O) groups is 2. The first kappa shape index (κ1) is 35.3. The van der Waals surface area contributed by atoms with Gasteiger partial charge in [0.2, 0.25) is 17.6 Å². The van der Waals surface area contributed by atoms with E-state index >= 15 is 0 Å². The van der Waals surface area contributed by atoms with Crippen LogP contribution in [-0.4, -0.2) is 109 Å². The lowest BCUT2D eigenvalue weighted by molar-refractivity contribution is -0.137. The van der Waals surface area contributed by atoms with Crippen molar-refractivity contribution < 1.29 is 37.3 Å². The highest BCUT2D eigenvalue weighted by Gasteiger charge is 2.51. The summed E-state index contributed by atoms with van der Waals surface area (Å²) in [5.74, 6) is -0.924. The van der Waals surface area contributed by atoms with Gasteiger partial charge in [0.15, 0.2) is 5.69 Å². The Morgan fingerprint density at radius 1 is 1.09 bits per heavy atom. The van der Waals surface area contributed by atoms with Crippen LogP contribution in [0.2, 0.25) is 5.02 Å². The van der Waals surface area contributed by atoms with Crippen molar-refractivity contribution in [2.75, 3.05) is 62.7 Å². The topological polar surface area (TPSA) is 160 Å². The van der Waals surface area contributed by atoms with Crippen LogP contribution in [0.15, 0.2) is 41.3 Å². The molecule has 3 saturated heterocycles. The van der Waals surface area contributed by atoms with E-state index in [4.69, 9.17) is 26.1 Å². The number of piperidine rings is 1. The van der Waals surface area contributed by atoms with Crippen LogP contribution in [-0.2, 0) is 32.6 Å². The predicted octanol–water partition coefficient (Wildman–Crippen LogP) is 3.05. The van der Waals surface area contributed by atoms with Crippen molar-refractivity contribution in [2.24, 2.45) is 0 Å². The first-order valence-corrected chi connectivity index (χ1v) is 17.6. The molecule has 3 aromatic heterocycles. The number of aromatic nitrogens is 5. The maximum atomic E-state index is 14.5. The van der Waals surface area contributed by atoms with Crippen LogP contribution in [0.25, 0.3) is 5.78 Å². The summed E-state index contributed by atoms with van der Waals surface area (Å²) in [4.78, 5) is 56.1. The quantitative estimate of drug-likeness (QED) is 0.298. The number of amides is 2. The SMILES string of the molecule is C[C@H]1OC2(CCN(C(=O)c3ncccc3O)CC2)c2c1n(CC(=O)Nc1ccc(C(F)(F)F)cc1Cl)c1nc(N3CCN(C4COC4)CC3)nn1c2=O. The Morgan fingerprint density at radius 3 is 2.47 bits per heavy atom. The highest BCUT2D eigenvalue weighted by atomic mass is 35.5. The molecule has 1 spiro atoms. The van der Waals surface area contributed by atoms with E-state index in [0.717, 1.165) is 31.3 Å². The van der Waals surface area contributed by atoms with E-state index in [1.165, 1.54) is 22.8 Å². The highest BCUT2D eigenvalue weighted by molar-refractivity contribution is 6.33. The third kappa shape index (κ3) is 6.26. The van der Waals surface area contributed by atoms with Gasteiger partial charge in [0.05, 0.1) is 52.9 Å². The lowest BCUT2D eigenvalue weighted by Crippen LogP contribution is -2.56. The van der Waals surface area contributed by atoms with Crippen molar-refractivity contribution in [2.45, 2.75) is 50.2 Å². The Kier molecular flexibility index (Phi) is 8.82. The van der Waals surface area contributed by atoms with E-state index in [1.54, 1.807) is 16.4 Å². The molecule has 4 aromatic rings. The molecule has 1 aromatic carbocycles. The Morgan fingerprint density at radius 2 is 1.83 bits per heavy atom. The van der Waals surface area contributed by atoms with E-state index < -0.39 is 47.4 Å². The Bertz CT molecular complexity index is 2160. The third-order valence-corrected chi connectivity index (χ3v) is 10.8. The van der Waals surface area contributed by atoms with Gasteiger partial charge in [0.25, 0.3) is 11.5 Å². The number of hydrogen-bond donors (Lipinski definition) is 2. The second-order valence-electron chi connectivity index (χ2n) is 13.6. The zero-order chi connectivity index (χ0) is 37.2. The van der Waals surface area contributed by atoms with Gasteiger partial charge in [-0.15, -0.1) is 5.10 Å². The van der Waals surface area contributed by atoms with Crippen molar-refractivity contribution in [1.82, 2.24) is 33.9 Å². The Hall–Kier alpha value is -4.78. The monoisotopic (exact) mass is 757 g/mol. The summed E-state index contributed by atoms with van der Waals surface area (Å²) in [6, 6.07) is 5.92. The van der Waals surface area contributed by atoms with Gasteiger partial charge in [-0.25, -0.2) is 4.98 Å². The molecule has 0 unspecified atom stereocenters. The smallest absolute Gasteiger partial charge is 0.416 e. The molecule has 2 amide bonds. The van der Waals surface area contributed by atoms with E-state index in [0.29, 0.717) is 44.0 Å². The fourth-order valence-corrected chi connectivity index (χ4v) is 7.88. The number of fused-ring (bicyclic) bond motifs is 3. The lowest BCUT2D eigenvalue weighted by atomic mass is 9.85. The number of nitrogens with one attached hydrogen (secondary N) is 1. The lowest BCUT2D eigenvalue weighted by Gasteiger charge is -2.42. The molecule has 280 valence electrons. The molecule has 1 atom stereocenters. The minimum atomic E-state index is -4.62. The number of anilines is 2. The maximum absolute atomic E-state index is 14.5. The van der Waals surface area contributed by atoms with Crippen molar-refractivity contribution in [3.05, 3.63) is 74.4 Å². The average Bonchev–Trinajstić information content (AvgIpc) is 3.67. The minimum Gasteiger partial charge on any atom is -0.505 e. The Labute approximate surface area is 304 Å². The Balaban J connectivity index is 1.14. The molecule has 19 heteroatoms. The van der Waals surface area contributed by atoms with E-state index in [2.05, 4.69) is 20.3 Å². The summed E-state index contributed by atoms with van der Waals surface area (Å²) in [7, 11) is 0. The molecule has 0 aliphatic carbocycles. The van der Waals surface area contributed by atoms with Gasteiger partial charge in [-0.1, -0.05) is 11.6 Å². The molecule has 15 nitrogen and oxygen atoms in total. The number of piperazine rings is 1. The molecule has 3 fully saturated rings. The number of pyridine rings is 1. The number of likely N-dealkylation sites (tertiary alicyclic amines) is 1. The zero-order valence-corrected chi connectivity index (χ0v) is 29.2. The van der Waals surface area contributed by atoms with Crippen LogP contribution < -0.4 is 15.8 Å². The van der Waals surface area contributed by atoms with E-state index in [1.807, 2.05) is 4.90 Å². The molecule has 8 rings (SSSR count). The van der Waals surface area contributed by atoms with Gasteiger partial charge < -0.3 is 34.3 Å². The van der Waals surface area contributed by atoms with Gasteiger partial charge in [-0.3, -0.25) is 19.3 Å². The van der Waals surface area contributed by atoms with Crippen LogP contribution >= 0.6 is 11.6 Å². The van der Waals surface area contributed by atoms with Gasteiger partial charge >= 0.3 is 6.18 Å². The zero-order valence-electron chi connectivity index (χ0n) is 28.5. The second-order valence-corrected chi connectivity index (χ2v) is 14.1. The number of carbonyl (C=O) groups excluding carboxylic acids is 2. The molecule has 4 aliphatic heterocycles. The van der Waals surface area contributed by atoms with Gasteiger partial charge in [0, 0.05) is 45.5 Å². The number of rotatable bonds is 6. The van der Waals surface area contributed by atoms with Crippen molar-refractivity contribution in [3.8, 4) is 5.75 Å². The van der Waals surface area contributed by atoms with Crippen molar-refractivity contribution in [3.63, 3.8) is 0 Å². The molecule has 0 bridgehead atoms. The first-order valence-electron chi connectivity index (χ1n) is 17.2. The van der Waals surface area contributed by atoms with Crippen LogP contribution in [0.5, 0.6) is 5.75 Å². The van der Waals surface area contributed by atoms with E-state index in [9.17, 15) is 32.7 Å². The molecule has 4 aliphatic rings. The molecule has 0 saturated carbocycles. The molecular formula is C34H35ClF3N9O6. The van der Waals surface area contributed by atoms with Crippen LogP contribution in [0.4, 0.5) is 24.8 Å². The number of nitrogens with zero attached hydrogens (tertiary/aromatic N) is 8. The van der Waals surface area contributed by atoms with Crippen LogP contribution in [0.3, 0.4) is 0 Å². The summed E-state index contributed by atoms with van der Waals surface area (Å²) in [5, 5.41) is 17.2. The summed E-state index contributed by atoms with van der Waals surface area (Å²) < 4.78 is 54.4. The summed E-state index contributed by atoms with van der Waals surface area (Å²) in [6.45, 7) is 5.82. The average molecular weight is 758 g/mol. The summed E-state index contributed by atoms with van der Waals surface area (Å²) in [5.41, 5.74) is -1.96. The van der Waals surface area contributed by atoms with E-state index in [-0.39, 0.29) is 59.4 Å². The van der Waals surface area contributed by atoms with Gasteiger partial charge in [-0.2, -0.15) is 22.7 Å². The van der Waals surface area contributed by atoms with Crippen LogP contribution in [0, 0.1) is 0 Å². The molecular weight excluding hydrogens is 723 g/mol. The minimum absolute atomic E-state index is 0.0213. The molecule has 0 radical (unpaired) electrons. The third-order valence-electron chi connectivity index (χ3n) is 10.5. The number of aromatic hydroxyl groups is 1. The molecule has 2 N–H and O–H groups in total. The highest BCUT2D eigenvalue weighted by Crippen LogP contribution is 2.48. The fourth-order valence-electron chi connectivity index (χ4n) is 7.65. The predicted molar refractivity (Wildman–Crippen MR) is 183 cm³/mol. The van der Waals surface area contributed by atoms with Gasteiger partial charge in [-0.05, 0) is 50.1 Å². The first-order chi connectivity index (χ1) is 25.3. The summed E-state index contributed by atoms with van der Waals surface area (Å²) >= 11 is 6.16. The maximum Gasteiger partial charge on any atom is 0.416 e. The molecule has 53 heavy (non-hydrogen) atoms. The standard InChI is InChI=1S/C34H35ClF3N9O6/c1-19-28-26(33(53-19)6-9-44(10-7-33)30(51)27-24(48)3-2-8-39-27)29(50)47-32(41-31(42-47)45-13-11-43(12-14-45)21-17-52-18-21)46(28)16-25(49)40-23-5-4-20(15-22(23)35)34(36,37)38/h2-5,8,15,19,21,48H,6-7,9-14,16-18H2,1H3,(H,40,49)/t19-/m1/s1. The second kappa shape index (κ2) is 13.3. The molecule has 7 heterocycles. The van der Waals surface area contributed by atoms with Crippen LogP contribution in [0.1, 0.15) is 53.2 Å². The fraction of sp³-hybridized carbons (Fsp3) is 0.471. The number of hydrogen-bond acceptors (Lipinski definition) is 11. The summed E-state index contributed by atoms with van der Waals surface area (Å²) in [6.07, 6.45) is -3.44. The number of benzene rings is 1. The largest absolute Gasteiger partial charge is 0.505 e. The van der Waals surface area contributed by atoms with Gasteiger partial charge in [0.1, 0.15) is 17.9 Å².